The van der Waals surface area contributed by atoms with Gasteiger partial charge in [-0.05, 0) is 54.5 Å². The van der Waals surface area contributed by atoms with E-state index in [0.717, 1.165) is 50.3 Å². The molecule has 0 radical (unpaired) electrons. The number of hydrogen-bond donors (Lipinski definition) is 0. The Morgan fingerprint density at radius 1 is 1.14 bits per heavy atom. The second-order valence-electron chi connectivity index (χ2n) is 8.05. The van der Waals surface area contributed by atoms with Crippen molar-refractivity contribution in [3.63, 3.8) is 0 Å². The first-order chi connectivity index (χ1) is 13.7. The molecule has 2 bridgehead atoms. The van der Waals surface area contributed by atoms with Crippen molar-refractivity contribution < 1.29 is 9.53 Å². The summed E-state index contributed by atoms with van der Waals surface area (Å²) in [7, 11) is 1.68. The molecule has 2 aromatic rings. The van der Waals surface area contributed by atoms with E-state index in [-0.39, 0.29) is 0 Å². The minimum absolute atomic E-state index is 0.292. The summed E-state index contributed by atoms with van der Waals surface area (Å²) in [5, 5.41) is 0. The smallest absolute Gasteiger partial charge is 0.223 e. The van der Waals surface area contributed by atoms with Gasteiger partial charge in [-0.3, -0.25) is 14.7 Å². The van der Waals surface area contributed by atoms with Crippen molar-refractivity contribution in [1.29, 1.82) is 0 Å². The summed E-state index contributed by atoms with van der Waals surface area (Å²) >= 11 is 0. The molecule has 0 spiro atoms. The molecule has 1 aromatic carbocycles. The van der Waals surface area contributed by atoms with Crippen molar-refractivity contribution in [1.82, 2.24) is 14.8 Å². The predicted octanol–water partition coefficient (Wildman–Crippen LogP) is 3.15. The number of amides is 1. The zero-order chi connectivity index (χ0) is 19.3. The maximum absolute atomic E-state index is 13.0. The highest BCUT2D eigenvalue weighted by molar-refractivity contribution is 5.77. The zero-order valence-electron chi connectivity index (χ0n) is 16.6. The minimum atomic E-state index is 0.292. The molecule has 0 unspecified atom stereocenters. The molecule has 5 rings (SSSR count). The van der Waals surface area contributed by atoms with Gasteiger partial charge >= 0.3 is 0 Å². The van der Waals surface area contributed by atoms with Crippen LogP contribution in [0.4, 0.5) is 0 Å². The highest BCUT2D eigenvalue weighted by Crippen LogP contribution is 2.29. The van der Waals surface area contributed by atoms with Crippen LogP contribution in [0.2, 0.25) is 0 Å². The third kappa shape index (κ3) is 4.53. The molecule has 1 aromatic heterocycles. The Kier molecular flexibility index (Phi) is 5.91. The fraction of sp³-hybridized carbons (Fsp3) is 0.478. The fourth-order valence-electron chi connectivity index (χ4n) is 4.59. The van der Waals surface area contributed by atoms with E-state index in [4.69, 9.17) is 4.74 Å². The van der Waals surface area contributed by atoms with E-state index in [9.17, 15) is 4.79 Å². The van der Waals surface area contributed by atoms with E-state index in [1.54, 1.807) is 7.11 Å². The van der Waals surface area contributed by atoms with Gasteiger partial charge in [-0.15, -0.1) is 0 Å². The Bertz CT molecular complexity index is 795. The van der Waals surface area contributed by atoms with Gasteiger partial charge in [-0.25, -0.2) is 0 Å². The molecular weight excluding hydrogens is 350 g/mol. The predicted molar refractivity (Wildman–Crippen MR) is 109 cm³/mol. The molecule has 0 saturated carbocycles. The number of hydrogen-bond acceptors (Lipinski definition) is 4. The number of carbonyl (C=O) groups excluding carboxylic acids is 1. The van der Waals surface area contributed by atoms with Crippen LogP contribution in [0.3, 0.4) is 0 Å². The van der Waals surface area contributed by atoms with Crippen molar-refractivity contribution in [2.24, 2.45) is 5.92 Å². The van der Waals surface area contributed by atoms with Crippen LogP contribution in [-0.2, 0) is 17.8 Å². The highest BCUT2D eigenvalue weighted by Gasteiger charge is 2.36. The number of fused-ring (bicyclic) bond motifs is 4. The molecule has 5 heteroatoms. The van der Waals surface area contributed by atoms with Crippen LogP contribution in [-0.4, -0.2) is 53.5 Å². The van der Waals surface area contributed by atoms with Crippen LogP contribution in [0, 0.1) is 5.92 Å². The number of nitrogens with zero attached hydrogens (tertiary/aromatic N) is 3. The first-order valence-electron chi connectivity index (χ1n) is 10.2. The van der Waals surface area contributed by atoms with Gasteiger partial charge in [0.2, 0.25) is 5.91 Å². The molecule has 0 N–H and O–H groups in total. The summed E-state index contributed by atoms with van der Waals surface area (Å²) in [4.78, 5) is 21.9. The number of piperidine rings is 1. The first-order valence-corrected chi connectivity index (χ1v) is 10.2. The normalized spacial score (nSPS) is 22.1. The zero-order valence-corrected chi connectivity index (χ0v) is 16.6. The topological polar surface area (TPSA) is 45.7 Å². The van der Waals surface area contributed by atoms with Gasteiger partial charge in [0.25, 0.3) is 0 Å². The van der Waals surface area contributed by atoms with Crippen molar-refractivity contribution >= 4 is 5.91 Å². The second-order valence-corrected chi connectivity index (χ2v) is 8.05. The Labute approximate surface area is 167 Å². The Morgan fingerprint density at radius 2 is 2.04 bits per heavy atom. The third-order valence-electron chi connectivity index (χ3n) is 6.00. The summed E-state index contributed by atoms with van der Waals surface area (Å²) in [6, 6.07) is 12.5. The summed E-state index contributed by atoms with van der Waals surface area (Å²) in [6.07, 6.45) is 7.46. The lowest BCUT2D eigenvalue weighted by Crippen LogP contribution is -2.47. The fourth-order valence-corrected chi connectivity index (χ4v) is 4.59. The molecule has 3 aliphatic heterocycles. The van der Waals surface area contributed by atoms with Crippen LogP contribution >= 0.6 is 0 Å². The molecule has 5 nitrogen and oxygen atoms in total. The summed E-state index contributed by atoms with van der Waals surface area (Å²) in [6.45, 7) is 3.87. The second kappa shape index (κ2) is 8.74. The number of aromatic nitrogens is 1. The van der Waals surface area contributed by atoms with Crippen molar-refractivity contribution in [2.45, 2.75) is 38.3 Å². The maximum atomic E-state index is 13.0. The Hall–Kier alpha value is -2.40. The van der Waals surface area contributed by atoms with E-state index in [2.05, 4.69) is 26.9 Å². The van der Waals surface area contributed by atoms with Gasteiger partial charge in [0.1, 0.15) is 5.75 Å². The van der Waals surface area contributed by atoms with E-state index >= 15 is 0 Å². The molecule has 2 atom stereocenters. The third-order valence-corrected chi connectivity index (χ3v) is 6.00. The first kappa shape index (κ1) is 18.9. The number of methoxy groups -OCH3 is 1. The molecule has 0 aliphatic carbocycles. The molecule has 1 amide bonds. The lowest BCUT2D eigenvalue weighted by atomic mass is 9.94. The van der Waals surface area contributed by atoms with Crippen LogP contribution < -0.4 is 4.74 Å². The number of pyridine rings is 1. The van der Waals surface area contributed by atoms with Crippen LogP contribution in [0.1, 0.15) is 30.4 Å². The molecule has 4 heterocycles. The van der Waals surface area contributed by atoms with Crippen molar-refractivity contribution in [3.05, 3.63) is 59.9 Å². The molecule has 148 valence electrons. The van der Waals surface area contributed by atoms with Gasteiger partial charge in [0.05, 0.1) is 7.11 Å². The molecule has 3 saturated heterocycles. The summed E-state index contributed by atoms with van der Waals surface area (Å²) < 4.78 is 5.29. The van der Waals surface area contributed by atoms with E-state index in [1.807, 2.05) is 36.7 Å². The monoisotopic (exact) mass is 379 g/mol. The molecule has 3 aliphatic rings. The van der Waals surface area contributed by atoms with E-state index < -0.39 is 0 Å². The number of rotatable bonds is 6. The minimum Gasteiger partial charge on any atom is -0.497 e. The van der Waals surface area contributed by atoms with E-state index in [0.29, 0.717) is 24.3 Å². The van der Waals surface area contributed by atoms with Crippen LogP contribution in [0.5, 0.6) is 5.75 Å². The number of ether oxygens (including phenoxy) is 1. The SMILES string of the molecule is COc1cccc(CCC(=O)N2C[C@H]3CC[C@@H]2CN(Cc2cccnc2)C3)c1. The van der Waals surface area contributed by atoms with E-state index in [1.165, 1.54) is 12.0 Å². The quantitative estimate of drug-likeness (QED) is 0.774. The van der Waals surface area contributed by atoms with Crippen LogP contribution in [0.15, 0.2) is 48.8 Å². The largest absolute Gasteiger partial charge is 0.497 e. The van der Waals surface area contributed by atoms with Crippen LogP contribution in [0.25, 0.3) is 0 Å². The Balaban J connectivity index is 1.36. The molecular formula is C23H29N3O2. The highest BCUT2D eigenvalue weighted by atomic mass is 16.5. The number of carbonyl (C=O) groups is 1. The lowest BCUT2D eigenvalue weighted by Gasteiger charge is -2.36. The average molecular weight is 380 g/mol. The summed E-state index contributed by atoms with van der Waals surface area (Å²) in [5.74, 6) is 1.72. The number of benzene rings is 1. The summed E-state index contributed by atoms with van der Waals surface area (Å²) in [5.41, 5.74) is 2.41. The van der Waals surface area contributed by atoms with Gasteiger partial charge < -0.3 is 9.64 Å². The average Bonchev–Trinajstić information content (AvgIpc) is 3.03. The van der Waals surface area contributed by atoms with Gasteiger partial charge in [-0.1, -0.05) is 18.2 Å². The molecule has 28 heavy (non-hydrogen) atoms. The van der Waals surface area contributed by atoms with Gasteiger partial charge in [0.15, 0.2) is 0 Å². The molecule has 3 fully saturated rings. The maximum Gasteiger partial charge on any atom is 0.223 e. The van der Waals surface area contributed by atoms with Gasteiger partial charge in [-0.2, -0.15) is 0 Å². The van der Waals surface area contributed by atoms with Gasteiger partial charge in [0, 0.05) is 51.0 Å². The number of aryl methyl sites for hydroxylation is 1. The Morgan fingerprint density at radius 3 is 2.86 bits per heavy atom. The van der Waals surface area contributed by atoms with Crippen molar-refractivity contribution in [2.75, 3.05) is 26.7 Å². The van der Waals surface area contributed by atoms with Crippen molar-refractivity contribution in [3.8, 4) is 5.75 Å². The lowest BCUT2D eigenvalue weighted by molar-refractivity contribution is -0.135. The standard InChI is InChI=1S/C23H29N3O2/c1-28-22-6-2-4-18(12-22)8-10-23(27)26-16-20-7-9-21(26)17-25(15-20)14-19-5-3-11-24-13-19/h2-6,11-13,20-21H,7-10,14-17H2,1H3/t20-,21+/m0/s1.